The first kappa shape index (κ1) is 36.2. The van der Waals surface area contributed by atoms with Gasteiger partial charge in [-0.1, -0.05) is 26.8 Å². The van der Waals surface area contributed by atoms with Crippen molar-refractivity contribution in [3.05, 3.63) is 59.4 Å². The molecule has 260 valence electrons. The predicted octanol–water partition coefficient (Wildman–Crippen LogP) is 5.50. The molecule has 1 aliphatic heterocycles. The van der Waals surface area contributed by atoms with Gasteiger partial charge in [0.1, 0.15) is 23.5 Å². The minimum atomic E-state index is -3.63. The predicted molar refractivity (Wildman–Crippen MR) is 183 cm³/mol. The zero-order valence-corrected chi connectivity index (χ0v) is 29.6. The number of aromatic nitrogens is 2. The van der Waals surface area contributed by atoms with Crippen LogP contribution in [0.15, 0.2) is 42.7 Å². The van der Waals surface area contributed by atoms with E-state index in [4.69, 9.17) is 19.0 Å². The molecule has 15 heteroatoms. The largest absolute Gasteiger partial charge is 0.528 e. The highest BCUT2D eigenvalue weighted by atomic mass is 32.2. The van der Waals surface area contributed by atoms with Gasteiger partial charge in [0.05, 0.1) is 37.8 Å². The van der Waals surface area contributed by atoms with E-state index >= 15 is 0 Å². The molecular formula is C33H44N6O8S. The summed E-state index contributed by atoms with van der Waals surface area (Å²) in [6, 6.07) is 10.2. The first-order valence-electron chi connectivity index (χ1n) is 15.3. The fourth-order valence-electron chi connectivity index (χ4n) is 4.75. The molecule has 0 spiro atoms. The van der Waals surface area contributed by atoms with Crippen molar-refractivity contribution >= 4 is 39.3 Å². The second-order valence-electron chi connectivity index (χ2n) is 13.5. The number of benzene rings is 2. The number of nitrogens with one attached hydrogen (secondary N) is 2. The maximum atomic E-state index is 13.5. The van der Waals surface area contributed by atoms with E-state index in [1.807, 2.05) is 32.6 Å². The van der Waals surface area contributed by atoms with Crippen LogP contribution in [0.1, 0.15) is 63.0 Å². The maximum absolute atomic E-state index is 13.5. The standard InChI is InChI=1S/C33H44N6O8S/c1-21-10-11-22(30(40)36-24-17-23(32(2,3)4)18-25(29(24)44-8)37-48(9,42)43)16-26(21)45-28-19-27(34-20-35-28)38-12-14-39(15-13-38)47-31(41)46-33(5,6)7/h10-11,16-20,37H,12-15H2,1-9H3,(H,36,40). The average molecular weight is 685 g/mol. The van der Waals surface area contributed by atoms with Gasteiger partial charge < -0.3 is 29.3 Å². The first-order chi connectivity index (χ1) is 22.3. The van der Waals surface area contributed by atoms with Crippen LogP contribution in [0.25, 0.3) is 0 Å². The van der Waals surface area contributed by atoms with Crippen LogP contribution in [0.3, 0.4) is 0 Å². The van der Waals surface area contributed by atoms with E-state index in [-0.39, 0.29) is 22.7 Å². The number of anilines is 3. The highest BCUT2D eigenvalue weighted by Crippen LogP contribution is 2.39. The Labute approximate surface area is 281 Å². The summed E-state index contributed by atoms with van der Waals surface area (Å²) in [5, 5.41) is 4.43. The Bertz CT molecular complexity index is 1760. The van der Waals surface area contributed by atoms with Gasteiger partial charge in [0.15, 0.2) is 5.75 Å². The summed E-state index contributed by atoms with van der Waals surface area (Å²) in [4.78, 5) is 41.6. The Kier molecular flexibility index (Phi) is 10.7. The van der Waals surface area contributed by atoms with Crippen molar-refractivity contribution in [2.45, 2.75) is 59.5 Å². The zero-order chi connectivity index (χ0) is 35.4. The lowest BCUT2D eigenvalue weighted by Gasteiger charge is -2.34. The van der Waals surface area contributed by atoms with E-state index < -0.39 is 27.7 Å². The van der Waals surface area contributed by atoms with Crippen LogP contribution in [0.2, 0.25) is 0 Å². The van der Waals surface area contributed by atoms with Gasteiger partial charge in [0, 0.05) is 24.7 Å². The second-order valence-corrected chi connectivity index (χ2v) is 15.2. The van der Waals surface area contributed by atoms with Crippen molar-refractivity contribution in [2.75, 3.05) is 54.5 Å². The Morgan fingerprint density at radius 1 is 0.917 bits per heavy atom. The van der Waals surface area contributed by atoms with Crippen molar-refractivity contribution in [3.63, 3.8) is 0 Å². The number of piperazine rings is 1. The highest BCUT2D eigenvalue weighted by Gasteiger charge is 2.26. The zero-order valence-electron chi connectivity index (χ0n) is 28.8. The quantitative estimate of drug-likeness (QED) is 0.273. The number of sulfonamides is 1. The van der Waals surface area contributed by atoms with E-state index in [0.717, 1.165) is 17.4 Å². The molecule has 2 N–H and O–H groups in total. The Balaban J connectivity index is 1.49. The van der Waals surface area contributed by atoms with Crippen LogP contribution in [-0.2, 0) is 25.0 Å². The van der Waals surface area contributed by atoms with E-state index in [1.165, 1.54) is 13.4 Å². The van der Waals surface area contributed by atoms with Crippen molar-refractivity contribution in [1.29, 1.82) is 0 Å². The molecule has 0 bridgehead atoms. The van der Waals surface area contributed by atoms with Crippen molar-refractivity contribution in [2.24, 2.45) is 0 Å². The normalized spacial score (nSPS) is 14.2. The number of rotatable bonds is 9. The van der Waals surface area contributed by atoms with E-state index in [2.05, 4.69) is 20.0 Å². The van der Waals surface area contributed by atoms with Crippen molar-refractivity contribution < 1.29 is 37.1 Å². The molecule has 4 rings (SSSR count). The Morgan fingerprint density at radius 2 is 1.58 bits per heavy atom. The Hall–Kier alpha value is -4.63. The monoisotopic (exact) mass is 684 g/mol. The van der Waals surface area contributed by atoms with Gasteiger partial charge >= 0.3 is 6.16 Å². The fourth-order valence-corrected chi connectivity index (χ4v) is 5.30. The second kappa shape index (κ2) is 14.2. The lowest BCUT2D eigenvalue weighted by Crippen LogP contribution is -2.47. The van der Waals surface area contributed by atoms with Crippen LogP contribution in [0, 0.1) is 6.92 Å². The lowest BCUT2D eigenvalue weighted by molar-refractivity contribution is -0.144. The molecule has 0 saturated carbocycles. The van der Waals surface area contributed by atoms with Crippen LogP contribution < -0.4 is 24.4 Å². The van der Waals surface area contributed by atoms with Gasteiger partial charge in [0.25, 0.3) is 5.91 Å². The summed E-state index contributed by atoms with van der Waals surface area (Å²) in [6.45, 7) is 15.1. The number of amides is 1. The topological polar surface area (TPSA) is 162 Å². The number of hydrogen-bond donors (Lipinski definition) is 2. The molecule has 1 fully saturated rings. The molecule has 2 aromatic carbocycles. The van der Waals surface area contributed by atoms with E-state index in [0.29, 0.717) is 49.0 Å². The molecule has 48 heavy (non-hydrogen) atoms. The number of hydroxylamine groups is 2. The maximum Gasteiger partial charge on any atom is 0.528 e. The van der Waals surface area contributed by atoms with Gasteiger partial charge in [-0.05, 0) is 68.5 Å². The summed E-state index contributed by atoms with van der Waals surface area (Å²) < 4.78 is 43.6. The van der Waals surface area contributed by atoms with Crippen molar-refractivity contribution in [1.82, 2.24) is 15.0 Å². The first-order valence-corrected chi connectivity index (χ1v) is 17.2. The molecule has 3 aromatic rings. The molecule has 1 saturated heterocycles. The molecule has 0 unspecified atom stereocenters. The van der Waals surface area contributed by atoms with Gasteiger partial charge in [0.2, 0.25) is 15.9 Å². The number of ether oxygens (including phenoxy) is 3. The lowest BCUT2D eigenvalue weighted by atomic mass is 9.86. The number of hydrogen-bond acceptors (Lipinski definition) is 12. The average Bonchev–Trinajstić information content (AvgIpc) is 2.96. The Morgan fingerprint density at radius 3 is 2.19 bits per heavy atom. The highest BCUT2D eigenvalue weighted by molar-refractivity contribution is 7.92. The molecule has 14 nitrogen and oxygen atoms in total. The fraction of sp³-hybridized carbons (Fsp3) is 0.455. The number of aryl methyl sites for hydroxylation is 1. The van der Waals surface area contributed by atoms with E-state index in [9.17, 15) is 18.0 Å². The SMILES string of the molecule is COc1c(NC(=O)c2ccc(C)c(Oc3cc(N4CCN(OC(=O)OC(C)(C)C)CC4)ncn3)c2)cc(C(C)(C)C)cc1NS(C)(=O)=O. The summed E-state index contributed by atoms with van der Waals surface area (Å²) >= 11 is 0. The minimum absolute atomic E-state index is 0.177. The third kappa shape index (κ3) is 9.94. The molecule has 1 amide bonds. The number of nitrogens with zero attached hydrogens (tertiary/aromatic N) is 4. The summed E-state index contributed by atoms with van der Waals surface area (Å²) in [5.74, 6) is 1.05. The van der Waals surface area contributed by atoms with E-state index in [1.54, 1.807) is 62.2 Å². The summed E-state index contributed by atoms with van der Waals surface area (Å²) in [6.07, 6.45) is 1.70. The molecule has 2 heterocycles. The van der Waals surface area contributed by atoms with Crippen LogP contribution in [0.5, 0.6) is 17.4 Å². The summed E-state index contributed by atoms with van der Waals surface area (Å²) in [5.41, 5.74) is 1.37. The number of carbonyl (C=O) groups excluding carboxylic acids is 2. The molecular weight excluding hydrogens is 640 g/mol. The molecule has 0 aliphatic carbocycles. The van der Waals surface area contributed by atoms with Gasteiger partial charge in [-0.3, -0.25) is 9.52 Å². The minimum Gasteiger partial charge on any atom is -0.492 e. The third-order valence-corrected chi connectivity index (χ3v) is 7.74. The number of carbonyl (C=O) groups is 2. The summed E-state index contributed by atoms with van der Waals surface area (Å²) in [7, 11) is -2.23. The third-order valence-electron chi connectivity index (χ3n) is 7.15. The smallest absolute Gasteiger partial charge is 0.492 e. The van der Waals surface area contributed by atoms with Gasteiger partial charge in [-0.15, -0.1) is 5.06 Å². The van der Waals surface area contributed by atoms with Crippen molar-refractivity contribution in [3.8, 4) is 17.4 Å². The number of methoxy groups -OCH3 is 1. The molecule has 0 atom stereocenters. The van der Waals surface area contributed by atoms with Crippen LogP contribution in [-0.4, -0.2) is 80.7 Å². The molecule has 0 radical (unpaired) electrons. The molecule has 1 aliphatic rings. The van der Waals surface area contributed by atoms with Crippen LogP contribution in [0.4, 0.5) is 22.0 Å². The van der Waals surface area contributed by atoms with Gasteiger partial charge in [-0.2, -0.15) is 0 Å². The van der Waals surface area contributed by atoms with Crippen LogP contribution >= 0.6 is 0 Å². The molecule has 1 aromatic heterocycles. The van der Waals surface area contributed by atoms with Gasteiger partial charge in [-0.25, -0.2) is 23.2 Å².